The van der Waals surface area contributed by atoms with Crippen LogP contribution in [-0.2, 0) is 22.4 Å². The van der Waals surface area contributed by atoms with Crippen LogP contribution >= 0.6 is 11.3 Å². The third-order valence-corrected chi connectivity index (χ3v) is 5.71. The number of amides is 1. The van der Waals surface area contributed by atoms with Crippen LogP contribution in [0.25, 0.3) is 0 Å². The third-order valence-electron chi connectivity index (χ3n) is 4.80. The minimum atomic E-state index is -1.26. The lowest BCUT2D eigenvalue weighted by molar-refractivity contribution is -0.134. The fraction of sp³-hybridized carbons (Fsp3) is 0.227. The molecule has 4 rings (SSSR count). The van der Waals surface area contributed by atoms with Crippen molar-refractivity contribution in [2.24, 2.45) is 0 Å². The zero-order valence-electron chi connectivity index (χ0n) is 15.7. The average Bonchev–Trinajstić information content (AvgIpc) is 3.08. The van der Waals surface area contributed by atoms with Gasteiger partial charge in [-0.2, -0.15) is 0 Å². The Hall–Kier alpha value is -2.99. The number of hydrogen-bond acceptors (Lipinski definition) is 5. The predicted molar refractivity (Wildman–Crippen MR) is 109 cm³/mol. The van der Waals surface area contributed by atoms with Gasteiger partial charge in [-0.1, -0.05) is 48.0 Å². The number of ether oxygens (including phenoxy) is 1. The number of nitrogens with zero attached hydrogens (tertiary/aromatic N) is 1. The number of rotatable bonds is 4. The van der Waals surface area contributed by atoms with Gasteiger partial charge in [-0.05, 0) is 31.0 Å². The number of benzene rings is 2. The molecule has 3 aromatic rings. The summed E-state index contributed by atoms with van der Waals surface area (Å²) in [6.07, 6.45) is 2.87. The second kappa shape index (κ2) is 7.20. The highest BCUT2D eigenvalue weighted by molar-refractivity contribution is 7.15. The molecular weight excluding hydrogens is 372 g/mol. The Morgan fingerprint density at radius 3 is 2.89 bits per heavy atom. The molecule has 1 amide bonds. The van der Waals surface area contributed by atoms with Crippen LogP contribution in [0.1, 0.15) is 38.8 Å². The summed E-state index contributed by atoms with van der Waals surface area (Å²) in [5, 5.41) is 3.32. The Bertz CT molecular complexity index is 1060. The molecule has 2 heterocycles. The van der Waals surface area contributed by atoms with Crippen LogP contribution in [0.5, 0.6) is 0 Å². The zero-order valence-corrected chi connectivity index (χ0v) is 16.5. The Labute approximate surface area is 167 Å². The van der Waals surface area contributed by atoms with Crippen molar-refractivity contribution in [3.8, 4) is 0 Å². The number of fused-ring (bicyclic) bond motifs is 1. The molecule has 6 heteroatoms. The molecule has 1 aliphatic rings. The lowest BCUT2D eigenvalue weighted by Crippen LogP contribution is -2.48. The van der Waals surface area contributed by atoms with E-state index in [1.54, 1.807) is 25.3 Å². The highest BCUT2D eigenvalue weighted by atomic mass is 32.1. The number of thiazole rings is 1. The van der Waals surface area contributed by atoms with E-state index in [2.05, 4.69) is 35.4 Å². The smallest absolute Gasteiger partial charge is 0.339 e. The third kappa shape index (κ3) is 3.68. The number of carbonyl (C=O) groups is 2. The van der Waals surface area contributed by atoms with E-state index < -0.39 is 11.6 Å². The molecule has 2 aromatic carbocycles. The van der Waals surface area contributed by atoms with E-state index in [-0.39, 0.29) is 5.91 Å². The summed E-state index contributed by atoms with van der Waals surface area (Å²) < 4.78 is 5.48. The summed E-state index contributed by atoms with van der Waals surface area (Å²) in [4.78, 5) is 30.5. The van der Waals surface area contributed by atoms with Crippen LogP contribution in [0.4, 0.5) is 5.13 Å². The van der Waals surface area contributed by atoms with E-state index in [4.69, 9.17) is 4.74 Å². The highest BCUT2D eigenvalue weighted by Crippen LogP contribution is 2.30. The molecule has 1 atom stereocenters. The van der Waals surface area contributed by atoms with Gasteiger partial charge in [-0.3, -0.25) is 10.1 Å². The molecule has 28 heavy (non-hydrogen) atoms. The largest absolute Gasteiger partial charge is 0.445 e. The van der Waals surface area contributed by atoms with Crippen molar-refractivity contribution in [2.75, 3.05) is 5.32 Å². The Morgan fingerprint density at radius 1 is 1.25 bits per heavy atom. The highest BCUT2D eigenvalue weighted by Gasteiger charge is 2.42. The number of esters is 1. The number of nitrogens with one attached hydrogen (secondary N) is 1. The minimum absolute atomic E-state index is 0.336. The van der Waals surface area contributed by atoms with Crippen LogP contribution in [0.2, 0.25) is 0 Å². The van der Waals surface area contributed by atoms with Gasteiger partial charge in [0.25, 0.3) is 5.91 Å². The molecule has 1 N–H and O–H groups in total. The molecule has 0 bridgehead atoms. The summed E-state index contributed by atoms with van der Waals surface area (Å²) in [5.74, 6) is -0.842. The average molecular weight is 392 g/mol. The van der Waals surface area contributed by atoms with E-state index in [9.17, 15) is 9.59 Å². The van der Waals surface area contributed by atoms with Crippen LogP contribution < -0.4 is 5.32 Å². The summed E-state index contributed by atoms with van der Waals surface area (Å²) in [6.45, 7) is 3.70. The zero-order chi connectivity index (χ0) is 19.7. The van der Waals surface area contributed by atoms with Crippen molar-refractivity contribution in [2.45, 2.75) is 32.3 Å². The maximum Gasteiger partial charge on any atom is 0.339 e. The summed E-state index contributed by atoms with van der Waals surface area (Å²) in [6, 6.07) is 15.5. The van der Waals surface area contributed by atoms with Gasteiger partial charge in [-0.15, -0.1) is 11.3 Å². The SMILES string of the molecule is Cc1cccc(Cc2cnc(NC(=O)[C@@]3(C)Cc4ccccc4C(=O)O3)s2)c1. The molecular formula is C22H20N2O3S. The van der Waals surface area contributed by atoms with Crippen molar-refractivity contribution >= 4 is 28.3 Å². The first-order valence-electron chi connectivity index (χ1n) is 9.06. The number of hydrogen-bond donors (Lipinski definition) is 1. The number of aryl methyl sites for hydroxylation is 1. The quantitative estimate of drug-likeness (QED) is 0.677. The van der Waals surface area contributed by atoms with Gasteiger partial charge < -0.3 is 4.74 Å². The lowest BCUT2D eigenvalue weighted by Gasteiger charge is -2.32. The van der Waals surface area contributed by atoms with Gasteiger partial charge >= 0.3 is 5.97 Å². The number of cyclic esters (lactones) is 1. The van der Waals surface area contributed by atoms with Crippen LogP contribution in [0, 0.1) is 6.92 Å². The topological polar surface area (TPSA) is 68.3 Å². The summed E-state index contributed by atoms with van der Waals surface area (Å²) in [7, 11) is 0. The molecule has 142 valence electrons. The number of carbonyl (C=O) groups excluding carboxylic acids is 2. The van der Waals surface area contributed by atoms with Crippen LogP contribution in [0.3, 0.4) is 0 Å². The first kappa shape index (κ1) is 18.4. The second-order valence-corrected chi connectivity index (χ2v) is 8.32. The standard InChI is InChI=1S/C22H20N2O3S/c1-14-6-5-7-15(10-14)11-17-13-23-21(28-17)24-20(26)22(2)12-16-8-3-4-9-18(16)19(25)27-22/h3-10,13H,11-12H2,1-2H3,(H,23,24,26)/t22-/m1/s1. The van der Waals surface area contributed by atoms with Crippen molar-refractivity contribution in [3.63, 3.8) is 0 Å². The summed E-state index contributed by atoms with van der Waals surface area (Å²) >= 11 is 1.43. The lowest BCUT2D eigenvalue weighted by atomic mass is 9.89. The van der Waals surface area contributed by atoms with Crippen LogP contribution in [0.15, 0.2) is 54.7 Å². The molecule has 0 aliphatic carbocycles. The molecule has 0 unspecified atom stereocenters. The van der Waals surface area contributed by atoms with E-state index in [0.717, 1.165) is 16.9 Å². The van der Waals surface area contributed by atoms with Gasteiger partial charge in [0.05, 0.1) is 5.56 Å². The van der Waals surface area contributed by atoms with Gasteiger partial charge in [0, 0.05) is 23.9 Å². The number of anilines is 1. The van der Waals surface area contributed by atoms with Gasteiger partial charge in [0.15, 0.2) is 10.7 Å². The van der Waals surface area contributed by atoms with Gasteiger partial charge in [-0.25, -0.2) is 9.78 Å². The van der Waals surface area contributed by atoms with E-state index in [1.807, 2.05) is 18.2 Å². The van der Waals surface area contributed by atoms with Crippen molar-refractivity contribution in [1.29, 1.82) is 0 Å². The van der Waals surface area contributed by atoms with E-state index in [1.165, 1.54) is 22.5 Å². The molecule has 0 radical (unpaired) electrons. The molecule has 0 saturated heterocycles. The van der Waals surface area contributed by atoms with Gasteiger partial charge in [0.1, 0.15) is 0 Å². The number of aromatic nitrogens is 1. The van der Waals surface area contributed by atoms with Gasteiger partial charge in [0.2, 0.25) is 0 Å². The van der Waals surface area contributed by atoms with Crippen molar-refractivity contribution in [1.82, 2.24) is 4.98 Å². The fourth-order valence-corrected chi connectivity index (χ4v) is 4.20. The van der Waals surface area contributed by atoms with E-state index in [0.29, 0.717) is 17.1 Å². The van der Waals surface area contributed by atoms with Crippen molar-refractivity contribution < 1.29 is 14.3 Å². The predicted octanol–water partition coefficient (Wildman–Crippen LogP) is 4.15. The molecule has 5 nitrogen and oxygen atoms in total. The summed E-state index contributed by atoms with van der Waals surface area (Å²) in [5.41, 5.74) is 2.49. The fourth-order valence-electron chi connectivity index (χ4n) is 3.36. The maximum absolute atomic E-state index is 12.8. The Morgan fingerprint density at radius 2 is 2.07 bits per heavy atom. The second-order valence-electron chi connectivity index (χ2n) is 7.21. The first-order valence-corrected chi connectivity index (χ1v) is 9.87. The molecule has 0 saturated carbocycles. The Kier molecular flexibility index (Phi) is 4.73. The minimum Gasteiger partial charge on any atom is -0.445 e. The molecule has 1 aromatic heterocycles. The maximum atomic E-state index is 12.8. The monoisotopic (exact) mass is 392 g/mol. The first-order chi connectivity index (χ1) is 13.4. The van der Waals surface area contributed by atoms with Crippen molar-refractivity contribution in [3.05, 3.63) is 81.9 Å². The van der Waals surface area contributed by atoms with Crippen LogP contribution in [-0.4, -0.2) is 22.5 Å². The molecule has 1 aliphatic heterocycles. The normalized spacial score (nSPS) is 18.3. The Balaban J connectivity index is 1.47. The van der Waals surface area contributed by atoms with E-state index >= 15 is 0 Å². The molecule has 0 spiro atoms. The molecule has 0 fully saturated rings.